The van der Waals surface area contributed by atoms with Crippen molar-refractivity contribution in [2.24, 2.45) is 0 Å². The molecule has 216 valence electrons. The fourth-order valence-electron chi connectivity index (χ4n) is 4.52. The van der Waals surface area contributed by atoms with Gasteiger partial charge >= 0.3 is 0 Å². The smallest absolute Gasteiger partial charge is 0.271 e. The summed E-state index contributed by atoms with van der Waals surface area (Å²) in [6.45, 7) is -0.542. The van der Waals surface area contributed by atoms with Crippen molar-refractivity contribution in [2.75, 3.05) is 50.2 Å². The second kappa shape index (κ2) is 11.7. The monoisotopic (exact) mass is 601 g/mol. The number of anilines is 2. The molecule has 9 nitrogen and oxygen atoms in total. The highest BCUT2D eigenvalue weighted by atomic mass is 35.5. The van der Waals surface area contributed by atoms with E-state index in [-0.39, 0.29) is 36.7 Å². The van der Waals surface area contributed by atoms with E-state index in [0.29, 0.717) is 16.5 Å². The SMILES string of the molecule is COc1ccc(CN(c2cccc(F)n2)S(=O)(=O)c2c(F)cc(N3CC[C@](CO)(OC)C3)c(Cl)c2F)c(OC)c1. The molecule has 3 aromatic rings. The fourth-order valence-corrected chi connectivity index (χ4v) is 6.35. The van der Waals surface area contributed by atoms with Gasteiger partial charge in [0.2, 0.25) is 5.95 Å². The second-order valence-corrected chi connectivity index (χ2v) is 11.2. The zero-order valence-corrected chi connectivity index (χ0v) is 23.4. The molecule has 0 unspecified atom stereocenters. The third-order valence-corrected chi connectivity index (χ3v) is 8.93. The van der Waals surface area contributed by atoms with E-state index in [2.05, 4.69) is 4.98 Å². The van der Waals surface area contributed by atoms with Gasteiger partial charge in [0.25, 0.3) is 10.0 Å². The van der Waals surface area contributed by atoms with Crippen LogP contribution in [0.5, 0.6) is 11.5 Å². The van der Waals surface area contributed by atoms with Crippen LogP contribution in [0, 0.1) is 17.6 Å². The van der Waals surface area contributed by atoms with Crippen LogP contribution in [-0.4, -0.2) is 65.1 Å². The molecule has 1 N–H and O–H groups in total. The topological polar surface area (TPSA) is 101 Å². The quantitative estimate of drug-likeness (QED) is 0.273. The van der Waals surface area contributed by atoms with Crippen molar-refractivity contribution in [1.29, 1.82) is 0 Å². The summed E-state index contributed by atoms with van der Waals surface area (Å²) in [4.78, 5) is 3.80. The lowest BCUT2D eigenvalue weighted by Gasteiger charge is -2.28. The first-order valence-electron chi connectivity index (χ1n) is 11.9. The van der Waals surface area contributed by atoms with Crippen molar-refractivity contribution in [3.63, 3.8) is 0 Å². The maximum absolute atomic E-state index is 15.7. The zero-order valence-electron chi connectivity index (χ0n) is 21.8. The summed E-state index contributed by atoms with van der Waals surface area (Å²) in [5.41, 5.74) is -0.785. The maximum atomic E-state index is 15.7. The molecule has 2 aromatic carbocycles. The van der Waals surface area contributed by atoms with Gasteiger partial charge in [0.05, 0.1) is 33.1 Å². The summed E-state index contributed by atoms with van der Waals surface area (Å²) < 4.78 is 89.6. The number of aliphatic hydroxyl groups is 1. The standard InChI is InChI=1S/C26H27ClF3N3O6S/c1-37-17-8-7-16(20(11-17)38-2)13-33(22-6-4-5-21(29)31-22)40(35,36)25-18(28)12-19(23(27)24(25)30)32-10-9-26(14-32,15-34)39-3/h4-8,11-12,34H,9-10,13-15H2,1-3H3/t26-/m0/s1. The first-order chi connectivity index (χ1) is 19.0. The fraction of sp³-hybridized carbons (Fsp3) is 0.346. The highest BCUT2D eigenvalue weighted by Gasteiger charge is 2.41. The van der Waals surface area contributed by atoms with Crippen LogP contribution in [0.4, 0.5) is 24.7 Å². The molecule has 1 fully saturated rings. The molecule has 1 aliphatic rings. The van der Waals surface area contributed by atoms with E-state index in [9.17, 15) is 17.9 Å². The number of aromatic nitrogens is 1. The van der Waals surface area contributed by atoms with Gasteiger partial charge in [-0.2, -0.15) is 4.39 Å². The number of pyridine rings is 1. The second-order valence-electron chi connectivity index (χ2n) is 9.06. The summed E-state index contributed by atoms with van der Waals surface area (Å²) in [5, 5.41) is 9.08. The van der Waals surface area contributed by atoms with E-state index in [1.165, 1.54) is 56.6 Å². The van der Waals surface area contributed by atoms with Gasteiger partial charge < -0.3 is 24.2 Å². The molecule has 0 amide bonds. The number of halogens is 4. The Balaban J connectivity index is 1.82. The van der Waals surface area contributed by atoms with Gasteiger partial charge in [-0.3, -0.25) is 0 Å². The Morgan fingerprint density at radius 3 is 2.48 bits per heavy atom. The minimum absolute atomic E-state index is 0.0707. The van der Waals surface area contributed by atoms with E-state index < -0.39 is 55.5 Å². The Morgan fingerprint density at radius 2 is 1.88 bits per heavy atom. The van der Waals surface area contributed by atoms with Crippen LogP contribution in [0.2, 0.25) is 5.02 Å². The van der Waals surface area contributed by atoms with Crippen molar-refractivity contribution >= 4 is 33.1 Å². The Kier molecular flexibility index (Phi) is 8.69. The Hall–Kier alpha value is -3.26. The molecule has 0 aliphatic carbocycles. The molecule has 0 spiro atoms. The summed E-state index contributed by atoms with van der Waals surface area (Å²) in [6.07, 6.45) is 0.350. The summed E-state index contributed by atoms with van der Waals surface area (Å²) >= 11 is 6.27. The van der Waals surface area contributed by atoms with Gasteiger partial charge in [0.1, 0.15) is 33.8 Å². The molecular formula is C26H27ClF3N3O6S. The maximum Gasteiger partial charge on any atom is 0.271 e. The van der Waals surface area contributed by atoms with Crippen LogP contribution >= 0.6 is 11.6 Å². The molecule has 4 rings (SSSR count). The molecule has 1 atom stereocenters. The molecule has 0 saturated carbocycles. The molecule has 0 bridgehead atoms. The largest absolute Gasteiger partial charge is 0.497 e. The van der Waals surface area contributed by atoms with Crippen LogP contribution in [0.25, 0.3) is 0 Å². The number of hydrogen-bond acceptors (Lipinski definition) is 8. The van der Waals surface area contributed by atoms with Gasteiger partial charge in [0.15, 0.2) is 10.7 Å². The minimum Gasteiger partial charge on any atom is -0.497 e. The Labute approximate surface area is 234 Å². The lowest BCUT2D eigenvalue weighted by atomic mass is 10.1. The van der Waals surface area contributed by atoms with E-state index in [0.717, 1.165) is 12.1 Å². The van der Waals surface area contributed by atoms with E-state index in [1.54, 1.807) is 0 Å². The van der Waals surface area contributed by atoms with Crippen molar-refractivity contribution in [3.8, 4) is 11.5 Å². The van der Waals surface area contributed by atoms with Gasteiger partial charge in [-0.1, -0.05) is 17.7 Å². The van der Waals surface area contributed by atoms with Crippen molar-refractivity contribution in [3.05, 3.63) is 70.6 Å². The summed E-state index contributed by atoms with van der Waals surface area (Å²) in [6, 6.07) is 8.74. The Morgan fingerprint density at radius 1 is 1.12 bits per heavy atom. The number of ether oxygens (including phenoxy) is 3. The van der Waals surface area contributed by atoms with E-state index in [1.807, 2.05) is 0 Å². The number of hydrogen-bond donors (Lipinski definition) is 1. The third-order valence-electron chi connectivity index (χ3n) is 6.79. The number of methoxy groups -OCH3 is 3. The predicted octanol–water partition coefficient (Wildman–Crippen LogP) is 4.15. The lowest BCUT2D eigenvalue weighted by Crippen LogP contribution is -2.39. The van der Waals surface area contributed by atoms with Gasteiger partial charge in [-0.05, 0) is 30.7 Å². The van der Waals surface area contributed by atoms with Crippen LogP contribution in [0.3, 0.4) is 0 Å². The van der Waals surface area contributed by atoms with Crippen LogP contribution < -0.4 is 18.7 Å². The van der Waals surface area contributed by atoms with Gasteiger partial charge in [0, 0.05) is 37.9 Å². The molecule has 14 heteroatoms. The van der Waals surface area contributed by atoms with Crippen molar-refractivity contribution in [2.45, 2.75) is 23.5 Å². The van der Waals surface area contributed by atoms with Gasteiger partial charge in [-0.25, -0.2) is 26.5 Å². The van der Waals surface area contributed by atoms with Crippen molar-refractivity contribution in [1.82, 2.24) is 4.98 Å². The average Bonchev–Trinajstić information content (AvgIpc) is 3.38. The normalized spacial score (nSPS) is 17.2. The summed E-state index contributed by atoms with van der Waals surface area (Å²) in [5.74, 6) is -3.75. The predicted molar refractivity (Wildman–Crippen MR) is 142 cm³/mol. The minimum atomic E-state index is -5.07. The molecule has 1 saturated heterocycles. The molecular weight excluding hydrogens is 575 g/mol. The highest BCUT2D eigenvalue weighted by molar-refractivity contribution is 7.92. The highest BCUT2D eigenvalue weighted by Crippen LogP contribution is 2.40. The first kappa shape index (κ1) is 29.7. The van der Waals surface area contributed by atoms with Gasteiger partial charge in [-0.15, -0.1) is 0 Å². The van der Waals surface area contributed by atoms with E-state index in [4.69, 9.17) is 25.8 Å². The van der Waals surface area contributed by atoms with Crippen molar-refractivity contribution < 1.29 is 40.9 Å². The number of sulfonamides is 1. The molecule has 40 heavy (non-hydrogen) atoms. The number of aliphatic hydroxyl groups excluding tert-OH is 1. The Bertz CT molecular complexity index is 1510. The average molecular weight is 602 g/mol. The number of rotatable bonds is 10. The third kappa shape index (κ3) is 5.51. The van der Waals surface area contributed by atoms with Crippen LogP contribution in [-0.2, 0) is 21.3 Å². The zero-order chi connectivity index (χ0) is 29.2. The summed E-state index contributed by atoms with van der Waals surface area (Å²) in [7, 11) is -0.876. The van der Waals surface area contributed by atoms with E-state index >= 15 is 8.78 Å². The molecule has 1 aliphatic heterocycles. The van der Waals surface area contributed by atoms with Crippen LogP contribution in [0.1, 0.15) is 12.0 Å². The lowest BCUT2D eigenvalue weighted by molar-refractivity contribution is -0.0346. The molecule has 0 radical (unpaired) electrons. The molecule has 2 heterocycles. The number of benzene rings is 2. The number of nitrogens with zero attached hydrogens (tertiary/aromatic N) is 3. The van der Waals surface area contributed by atoms with Crippen LogP contribution in [0.15, 0.2) is 47.4 Å². The first-order valence-corrected chi connectivity index (χ1v) is 13.8. The molecule has 1 aromatic heterocycles.